The van der Waals surface area contributed by atoms with Gasteiger partial charge in [-0.1, -0.05) is 48.5 Å². The van der Waals surface area contributed by atoms with E-state index in [1.807, 2.05) is 0 Å². The number of nitrogens with one attached hydrogen (secondary N) is 1. The minimum Gasteiger partial charge on any atom is -0.482 e. The summed E-state index contributed by atoms with van der Waals surface area (Å²) in [6.07, 6.45) is 8.31. The van der Waals surface area contributed by atoms with Crippen molar-refractivity contribution in [2.45, 2.75) is 74.6 Å². The number of carbonyl (C=O) groups excluding carboxylic acids is 1. The van der Waals surface area contributed by atoms with Crippen LogP contribution in [0.25, 0.3) is 0 Å². The molecule has 0 unspecified atom stereocenters. The molecule has 1 aliphatic heterocycles. The topological polar surface area (TPSA) is 67.8 Å². The number of aliphatic hydroxyl groups is 1. The van der Waals surface area contributed by atoms with Gasteiger partial charge in [0.05, 0.1) is 5.60 Å². The van der Waals surface area contributed by atoms with E-state index in [9.17, 15) is 31.9 Å². The molecular formula is C45H44F5NO4. The van der Waals surface area contributed by atoms with E-state index in [2.05, 4.69) is 5.32 Å². The van der Waals surface area contributed by atoms with Crippen LogP contribution in [0.4, 0.5) is 22.0 Å². The van der Waals surface area contributed by atoms with E-state index in [0.717, 1.165) is 74.5 Å². The first-order chi connectivity index (χ1) is 26.5. The van der Waals surface area contributed by atoms with E-state index in [-0.39, 0.29) is 29.1 Å². The SMILES string of the molecule is Fc1ccc(C2(Oc3cccc(F)c3)CCC2)cc1.Fc1ccc(C2(Oc3cccc(F)c3)CNC2)cc1.O=C1CCC1.OC1(c2ccc(F)cc2)CCC1. The van der Waals surface area contributed by atoms with Crippen LogP contribution in [0.5, 0.6) is 11.5 Å². The van der Waals surface area contributed by atoms with Crippen molar-refractivity contribution in [1.82, 2.24) is 5.32 Å². The van der Waals surface area contributed by atoms with Gasteiger partial charge in [0.15, 0.2) is 5.60 Å². The highest BCUT2D eigenvalue weighted by Crippen LogP contribution is 2.45. The maximum atomic E-state index is 13.2. The third-order valence-corrected chi connectivity index (χ3v) is 10.4. The third kappa shape index (κ3) is 10.2. The third-order valence-electron chi connectivity index (χ3n) is 10.4. The maximum Gasteiger partial charge on any atom is 0.159 e. The van der Waals surface area contributed by atoms with E-state index in [1.54, 1.807) is 60.7 Å². The van der Waals surface area contributed by atoms with Gasteiger partial charge in [0.25, 0.3) is 0 Å². The molecule has 0 bridgehead atoms. The van der Waals surface area contributed by atoms with Gasteiger partial charge in [-0.15, -0.1) is 0 Å². The van der Waals surface area contributed by atoms with Crippen molar-refractivity contribution in [3.63, 3.8) is 0 Å². The van der Waals surface area contributed by atoms with Crippen molar-refractivity contribution in [3.8, 4) is 11.5 Å². The zero-order chi connectivity index (χ0) is 38.9. The van der Waals surface area contributed by atoms with Gasteiger partial charge in [-0.05, 0) is 122 Å². The van der Waals surface area contributed by atoms with Crippen molar-refractivity contribution in [2.24, 2.45) is 0 Å². The number of benzene rings is 5. The highest BCUT2D eigenvalue weighted by Gasteiger charge is 2.42. The number of hydrogen-bond donors (Lipinski definition) is 2. The number of halogens is 5. The van der Waals surface area contributed by atoms with Crippen molar-refractivity contribution in [2.75, 3.05) is 13.1 Å². The lowest BCUT2D eigenvalue weighted by Crippen LogP contribution is -2.60. The van der Waals surface area contributed by atoms with Crippen LogP contribution in [0.1, 0.15) is 74.5 Å². The number of ether oxygens (including phenoxy) is 2. The molecule has 5 aromatic rings. The summed E-state index contributed by atoms with van der Waals surface area (Å²) in [6, 6.07) is 30.9. The molecule has 288 valence electrons. The number of hydrogen-bond acceptors (Lipinski definition) is 5. The second kappa shape index (κ2) is 17.6. The summed E-state index contributed by atoms with van der Waals surface area (Å²) in [6.45, 7) is 1.24. The van der Waals surface area contributed by atoms with E-state index >= 15 is 0 Å². The zero-order valence-corrected chi connectivity index (χ0v) is 30.4. The number of ketones is 1. The molecule has 4 aliphatic rings. The van der Waals surface area contributed by atoms with Crippen molar-refractivity contribution in [3.05, 3.63) is 167 Å². The second-order valence-corrected chi connectivity index (χ2v) is 14.4. The van der Waals surface area contributed by atoms with Gasteiger partial charge < -0.3 is 19.9 Å². The summed E-state index contributed by atoms with van der Waals surface area (Å²) in [4.78, 5) is 9.90. The lowest BCUT2D eigenvalue weighted by atomic mass is 9.75. The van der Waals surface area contributed by atoms with Crippen LogP contribution in [-0.2, 0) is 21.6 Å². The monoisotopic (exact) mass is 757 g/mol. The van der Waals surface area contributed by atoms with Gasteiger partial charge in [-0.3, -0.25) is 4.79 Å². The fourth-order valence-electron chi connectivity index (χ4n) is 6.54. The lowest BCUT2D eigenvalue weighted by Gasteiger charge is -2.43. The first-order valence-electron chi connectivity index (χ1n) is 18.6. The molecule has 0 aromatic heterocycles. The minimum atomic E-state index is -0.659. The molecule has 0 spiro atoms. The Kier molecular flexibility index (Phi) is 12.7. The minimum absolute atomic E-state index is 0.248. The van der Waals surface area contributed by atoms with Crippen molar-refractivity contribution < 1.29 is 41.3 Å². The fraction of sp³-hybridized carbons (Fsp3) is 0.311. The van der Waals surface area contributed by atoms with Crippen LogP contribution in [0.3, 0.4) is 0 Å². The molecule has 3 saturated carbocycles. The Morgan fingerprint density at radius 3 is 1.20 bits per heavy atom. The Balaban J connectivity index is 0.000000134. The molecule has 0 radical (unpaired) electrons. The van der Waals surface area contributed by atoms with E-state index in [4.69, 9.17) is 9.47 Å². The number of rotatable bonds is 7. The molecule has 5 nitrogen and oxygen atoms in total. The highest BCUT2D eigenvalue weighted by atomic mass is 19.1. The molecule has 4 fully saturated rings. The molecule has 10 heteroatoms. The molecule has 0 amide bonds. The van der Waals surface area contributed by atoms with Gasteiger partial charge in [0.1, 0.15) is 52.0 Å². The highest BCUT2D eigenvalue weighted by molar-refractivity contribution is 5.83. The van der Waals surface area contributed by atoms with Crippen LogP contribution in [0.2, 0.25) is 0 Å². The number of carbonyl (C=O) groups is 1. The molecule has 1 saturated heterocycles. The van der Waals surface area contributed by atoms with Crippen molar-refractivity contribution >= 4 is 5.78 Å². The molecule has 55 heavy (non-hydrogen) atoms. The summed E-state index contributed by atoms with van der Waals surface area (Å²) >= 11 is 0. The maximum absolute atomic E-state index is 13.2. The molecular weight excluding hydrogens is 713 g/mol. The van der Waals surface area contributed by atoms with E-state index in [1.165, 1.54) is 60.7 Å². The van der Waals surface area contributed by atoms with Crippen LogP contribution in [0, 0.1) is 29.1 Å². The molecule has 2 N–H and O–H groups in total. The molecule has 5 aromatic carbocycles. The first-order valence-corrected chi connectivity index (χ1v) is 18.6. The Morgan fingerprint density at radius 1 is 0.491 bits per heavy atom. The van der Waals surface area contributed by atoms with Crippen molar-refractivity contribution in [1.29, 1.82) is 0 Å². The molecule has 3 aliphatic carbocycles. The molecule has 0 atom stereocenters. The Labute approximate surface area is 318 Å². The van der Waals surface area contributed by atoms with Crippen LogP contribution in [0.15, 0.2) is 121 Å². The quantitative estimate of drug-likeness (QED) is 0.162. The Hall–Kier alpha value is -5.06. The van der Waals surface area contributed by atoms with Crippen LogP contribution >= 0.6 is 0 Å². The summed E-state index contributed by atoms with van der Waals surface area (Å²) in [5, 5.41) is 13.0. The van der Waals surface area contributed by atoms with Gasteiger partial charge in [-0.25, -0.2) is 22.0 Å². The zero-order valence-electron chi connectivity index (χ0n) is 30.4. The summed E-state index contributed by atoms with van der Waals surface area (Å²) < 4.78 is 76.7. The summed E-state index contributed by atoms with van der Waals surface area (Å²) in [5.41, 5.74) is 1.05. The largest absolute Gasteiger partial charge is 0.482 e. The van der Waals surface area contributed by atoms with Gasteiger partial charge in [-0.2, -0.15) is 0 Å². The first kappa shape index (κ1) is 39.6. The van der Waals surface area contributed by atoms with Gasteiger partial charge >= 0.3 is 0 Å². The summed E-state index contributed by atoms with van der Waals surface area (Å²) in [7, 11) is 0. The second-order valence-electron chi connectivity index (χ2n) is 14.4. The average Bonchev–Trinajstić information content (AvgIpc) is 3.12. The summed E-state index contributed by atoms with van der Waals surface area (Å²) in [5.74, 6) is -0.00689. The van der Waals surface area contributed by atoms with Gasteiger partial charge in [0, 0.05) is 38.1 Å². The lowest BCUT2D eigenvalue weighted by molar-refractivity contribution is -0.123. The normalized spacial score (nSPS) is 18.0. The predicted octanol–water partition coefficient (Wildman–Crippen LogP) is 10.2. The Morgan fingerprint density at radius 2 is 0.891 bits per heavy atom. The van der Waals surface area contributed by atoms with Gasteiger partial charge in [0.2, 0.25) is 0 Å². The molecule has 1 heterocycles. The van der Waals surface area contributed by atoms with Crippen LogP contribution < -0.4 is 14.8 Å². The Bertz CT molecular complexity index is 1900. The predicted molar refractivity (Wildman–Crippen MR) is 200 cm³/mol. The van der Waals surface area contributed by atoms with Crippen LogP contribution in [-0.4, -0.2) is 24.0 Å². The number of Topliss-reactive ketones (excluding diaryl/α,β-unsaturated/α-hetero) is 1. The smallest absolute Gasteiger partial charge is 0.159 e. The van der Waals surface area contributed by atoms with E-state index < -0.39 is 16.8 Å². The standard InChI is InChI=1S/C16H14F2O.C15H13F2NO.C10H11FO.C4H6O/c17-13-7-5-12(6-8-13)16(9-2-10-16)19-15-4-1-3-14(18)11-15;16-12-6-4-11(5-7-12)15(9-18-10-15)19-14-3-1-2-13(17)8-14;11-9-4-2-8(3-5-9)10(12)6-1-7-10;5-4-2-1-3-4/h1,3-8,11H,2,9-10H2;1-8,18H,9-10H2;2-5,12H,1,6-7H2;1-3H2. The average molecular weight is 758 g/mol. The molecule has 9 rings (SSSR count). The fourth-order valence-corrected chi connectivity index (χ4v) is 6.54. The van der Waals surface area contributed by atoms with E-state index in [0.29, 0.717) is 30.4 Å².